The first-order chi connectivity index (χ1) is 25.2. The lowest BCUT2D eigenvalue weighted by molar-refractivity contribution is -0.139. The van der Waals surface area contributed by atoms with Crippen LogP contribution < -0.4 is 10.1 Å². The Morgan fingerprint density at radius 2 is 1.81 bits per heavy atom. The SMILES string of the molecule is O=C(N[C@@H](Cc1ccc(O)cc1)C(=O)O)c1ccc2c(c1)nc(CN1CCC(c3cccc(OCc4ccc(Cl)cc4F)n3)CC1)n2C[C@@H]1CCO1. The number of imidazole rings is 1. The van der Waals surface area contributed by atoms with Crippen molar-refractivity contribution in [3.8, 4) is 11.6 Å². The maximum atomic E-state index is 14.2. The summed E-state index contributed by atoms with van der Waals surface area (Å²) < 4.78 is 28.0. The van der Waals surface area contributed by atoms with E-state index in [9.17, 15) is 24.2 Å². The van der Waals surface area contributed by atoms with Gasteiger partial charge in [-0.3, -0.25) is 9.69 Å². The number of phenolic OH excluding ortho intramolecular Hbond substituents is 1. The number of likely N-dealkylation sites (tertiary alicyclic amines) is 1. The highest BCUT2D eigenvalue weighted by Crippen LogP contribution is 2.30. The quantitative estimate of drug-likeness (QED) is 0.131. The van der Waals surface area contributed by atoms with E-state index in [4.69, 9.17) is 31.0 Å². The number of aromatic hydroxyl groups is 1. The first kappa shape index (κ1) is 35.4. The van der Waals surface area contributed by atoms with Crippen molar-refractivity contribution < 1.29 is 33.7 Å². The van der Waals surface area contributed by atoms with Gasteiger partial charge in [0.25, 0.3) is 5.91 Å². The summed E-state index contributed by atoms with van der Waals surface area (Å²) in [5.41, 5.74) is 3.89. The molecule has 2 fully saturated rings. The van der Waals surface area contributed by atoms with Crippen LogP contribution in [-0.2, 0) is 35.6 Å². The second kappa shape index (κ2) is 15.7. The number of pyridine rings is 1. The van der Waals surface area contributed by atoms with Crippen molar-refractivity contribution >= 4 is 34.5 Å². The number of hydrogen-bond donors (Lipinski definition) is 3. The van der Waals surface area contributed by atoms with E-state index in [1.807, 2.05) is 18.2 Å². The first-order valence-electron chi connectivity index (χ1n) is 17.4. The van der Waals surface area contributed by atoms with Gasteiger partial charge >= 0.3 is 5.97 Å². The zero-order valence-corrected chi connectivity index (χ0v) is 29.1. The van der Waals surface area contributed by atoms with E-state index in [1.165, 1.54) is 18.2 Å². The van der Waals surface area contributed by atoms with Crippen molar-refractivity contribution in [2.24, 2.45) is 0 Å². The minimum Gasteiger partial charge on any atom is -0.508 e. The third-order valence-electron chi connectivity index (χ3n) is 9.76. The number of nitrogens with zero attached hydrogens (tertiary/aromatic N) is 4. The number of fused-ring (bicyclic) bond motifs is 1. The smallest absolute Gasteiger partial charge is 0.326 e. The lowest BCUT2D eigenvalue weighted by Gasteiger charge is -2.32. The second-order valence-corrected chi connectivity index (χ2v) is 13.8. The summed E-state index contributed by atoms with van der Waals surface area (Å²) >= 11 is 5.87. The maximum Gasteiger partial charge on any atom is 0.326 e. The standard InChI is InChI=1S/C39H39ClFN5O6/c40-28-8-6-27(31(41)20-28)23-52-37-3-1-2-32(43-37)25-12-15-45(16-13-25)22-36-42-33-19-26(7-11-35(33)46(36)21-30-14-17-51-30)38(48)44-34(39(49)50)18-24-4-9-29(47)10-5-24/h1-11,19-20,25,30,34,47H,12-18,21-23H2,(H,44,48)(H,49,50)/t30-,34-/m0/s1. The molecule has 5 aromatic rings. The number of aromatic nitrogens is 3. The Bertz CT molecular complexity index is 2060. The number of hydrogen-bond acceptors (Lipinski definition) is 8. The number of ether oxygens (including phenoxy) is 2. The fourth-order valence-electron chi connectivity index (χ4n) is 6.70. The van der Waals surface area contributed by atoms with Crippen LogP contribution in [0, 0.1) is 5.82 Å². The van der Waals surface area contributed by atoms with E-state index in [1.54, 1.807) is 42.5 Å². The van der Waals surface area contributed by atoms with Gasteiger partial charge in [-0.25, -0.2) is 19.2 Å². The van der Waals surface area contributed by atoms with Crippen LogP contribution >= 0.6 is 11.6 Å². The molecule has 2 aliphatic rings. The normalized spacial score (nSPS) is 17.1. The lowest BCUT2D eigenvalue weighted by Crippen LogP contribution is -2.42. The minimum atomic E-state index is -1.15. The molecular formula is C39H39ClFN5O6. The van der Waals surface area contributed by atoms with E-state index in [2.05, 4.69) is 14.8 Å². The predicted molar refractivity (Wildman–Crippen MR) is 192 cm³/mol. The Morgan fingerprint density at radius 1 is 1.02 bits per heavy atom. The Kier molecular flexibility index (Phi) is 10.7. The van der Waals surface area contributed by atoms with Gasteiger partial charge in [-0.15, -0.1) is 0 Å². The number of carboxylic acids is 1. The average Bonchev–Trinajstić information content (AvgIpc) is 3.46. The van der Waals surface area contributed by atoms with Gasteiger partial charge in [-0.2, -0.15) is 0 Å². The van der Waals surface area contributed by atoms with Crippen molar-refractivity contribution in [3.63, 3.8) is 0 Å². The van der Waals surface area contributed by atoms with Crippen molar-refractivity contribution in [3.05, 3.63) is 118 Å². The molecule has 2 saturated heterocycles. The van der Waals surface area contributed by atoms with E-state index in [-0.39, 0.29) is 30.8 Å². The van der Waals surface area contributed by atoms with Gasteiger partial charge in [0, 0.05) is 46.9 Å². The van der Waals surface area contributed by atoms with Crippen LogP contribution in [0.3, 0.4) is 0 Å². The number of amides is 1. The third kappa shape index (κ3) is 8.36. The van der Waals surface area contributed by atoms with Gasteiger partial charge in [0.1, 0.15) is 30.0 Å². The molecule has 0 radical (unpaired) electrons. The largest absolute Gasteiger partial charge is 0.508 e. The Balaban J connectivity index is 1.01. The van der Waals surface area contributed by atoms with Crippen molar-refractivity contribution in [2.45, 2.75) is 63.4 Å². The number of nitrogens with one attached hydrogen (secondary N) is 1. The van der Waals surface area contributed by atoms with Crippen molar-refractivity contribution in [1.29, 1.82) is 0 Å². The molecule has 2 aliphatic heterocycles. The van der Waals surface area contributed by atoms with E-state index in [0.29, 0.717) is 46.2 Å². The molecule has 2 atom stereocenters. The molecule has 2 aromatic heterocycles. The van der Waals surface area contributed by atoms with Crippen LogP contribution in [0.5, 0.6) is 11.6 Å². The molecule has 0 spiro atoms. The molecule has 4 heterocycles. The average molecular weight is 728 g/mol. The summed E-state index contributed by atoms with van der Waals surface area (Å²) in [5.74, 6) is -0.418. The van der Waals surface area contributed by atoms with E-state index < -0.39 is 23.7 Å². The second-order valence-electron chi connectivity index (χ2n) is 13.3. The molecule has 0 unspecified atom stereocenters. The molecule has 7 rings (SSSR count). The third-order valence-corrected chi connectivity index (χ3v) is 9.99. The Hall–Kier alpha value is -5.04. The van der Waals surface area contributed by atoms with Gasteiger partial charge < -0.3 is 29.6 Å². The number of piperidine rings is 1. The van der Waals surface area contributed by atoms with Crippen LogP contribution in [0.25, 0.3) is 11.0 Å². The van der Waals surface area contributed by atoms with Gasteiger partial charge in [-0.1, -0.05) is 35.9 Å². The zero-order valence-electron chi connectivity index (χ0n) is 28.4. The topological polar surface area (TPSA) is 139 Å². The highest BCUT2D eigenvalue weighted by molar-refractivity contribution is 6.30. The van der Waals surface area contributed by atoms with Crippen molar-refractivity contribution in [2.75, 3.05) is 19.7 Å². The summed E-state index contributed by atoms with van der Waals surface area (Å²) in [6.07, 6.45) is 2.92. The van der Waals surface area contributed by atoms with Crippen molar-refractivity contribution in [1.82, 2.24) is 24.8 Å². The van der Waals surface area contributed by atoms with Crippen LogP contribution in [0.1, 0.15) is 58.2 Å². The van der Waals surface area contributed by atoms with Crippen LogP contribution in [-0.4, -0.2) is 73.4 Å². The summed E-state index contributed by atoms with van der Waals surface area (Å²) in [7, 11) is 0. The summed E-state index contributed by atoms with van der Waals surface area (Å²) in [4.78, 5) is 37.4. The van der Waals surface area contributed by atoms with Gasteiger partial charge in [0.15, 0.2) is 0 Å². The predicted octanol–water partition coefficient (Wildman–Crippen LogP) is 6.10. The number of carboxylic acid groups (broad SMARTS) is 1. The highest BCUT2D eigenvalue weighted by atomic mass is 35.5. The molecule has 3 N–H and O–H groups in total. The number of aliphatic carboxylic acids is 1. The highest BCUT2D eigenvalue weighted by Gasteiger charge is 2.27. The molecule has 13 heteroatoms. The fourth-order valence-corrected chi connectivity index (χ4v) is 6.86. The Morgan fingerprint density at radius 3 is 2.52 bits per heavy atom. The molecule has 3 aromatic carbocycles. The van der Waals surface area contributed by atoms with Gasteiger partial charge in [0.2, 0.25) is 5.88 Å². The monoisotopic (exact) mass is 727 g/mol. The lowest BCUT2D eigenvalue weighted by atomic mass is 9.93. The maximum absolute atomic E-state index is 14.2. The van der Waals surface area contributed by atoms with Gasteiger partial charge in [-0.05, 0) is 86.4 Å². The van der Waals surface area contributed by atoms with Crippen LogP contribution in [0.15, 0.2) is 78.9 Å². The van der Waals surface area contributed by atoms with Crippen LogP contribution in [0.4, 0.5) is 4.39 Å². The zero-order chi connectivity index (χ0) is 36.2. The summed E-state index contributed by atoms with van der Waals surface area (Å²) in [6.45, 7) is 3.73. The van der Waals surface area contributed by atoms with Gasteiger partial charge in [0.05, 0.1) is 30.2 Å². The number of carbonyl (C=O) groups excluding carboxylic acids is 1. The molecule has 270 valence electrons. The fraction of sp³-hybridized carbons (Fsp3) is 0.333. The number of halogens is 2. The molecule has 0 saturated carbocycles. The number of carbonyl (C=O) groups is 2. The number of phenols is 1. The summed E-state index contributed by atoms with van der Waals surface area (Å²) in [6, 6.07) is 20.6. The summed E-state index contributed by atoms with van der Waals surface area (Å²) in [5, 5.41) is 22.3. The van der Waals surface area contributed by atoms with E-state index >= 15 is 0 Å². The molecule has 1 amide bonds. The molecule has 11 nitrogen and oxygen atoms in total. The number of rotatable bonds is 13. The van der Waals surface area contributed by atoms with E-state index in [0.717, 1.165) is 56.0 Å². The molecule has 52 heavy (non-hydrogen) atoms. The number of benzene rings is 3. The van der Waals surface area contributed by atoms with Crippen LogP contribution in [0.2, 0.25) is 5.02 Å². The first-order valence-corrected chi connectivity index (χ1v) is 17.7. The Labute approximate surface area is 305 Å². The molecule has 0 aliphatic carbocycles. The molecule has 0 bridgehead atoms. The molecular weight excluding hydrogens is 689 g/mol. The minimum absolute atomic E-state index is 0.0564.